The molecule has 0 aromatic rings. The van der Waals surface area contributed by atoms with Gasteiger partial charge in [0, 0.05) is 23.3 Å². The van der Waals surface area contributed by atoms with Crippen molar-refractivity contribution in [2.24, 2.45) is 5.73 Å². The van der Waals surface area contributed by atoms with E-state index in [4.69, 9.17) is 5.73 Å². The van der Waals surface area contributed by atoms with Crippen molar-refractivity contribution >= 4 is 27.5 Å². The minimum Gasteiger partial charge on any atom is -0.326 e. The minimum absolute atomic E-state index is 0.105. The zero-order chi connectivity index (χ0) is 10.2. The van der Waals surface area contributed by atoms with E-state index in [2.05, 4.69) is 15.9 Å². The van der Waals surface area contributed by atoms with E-state index in [1.54, 1.807) is 13.8 Å². The van der Waals surface area contributed by atoms with Crippen LogP contribution < -0.4 is 5.73 Å². The van der Waals surface area contributed by atoms with Crippen molar-refractivity contribution in [2.75, 3.05) is 6.54 Å². The van der Waals surface area contributed by atoms with Gasteiger partial charge in [-0.2, -0.15) is 0 Å². The van der Waals surface area contributed by atoms with Crippen LogP contribution in [0.15, 0.2) is 21.2 Å². The average molecular weight is 244 g/mol. The van der Waals surface area contributed by atoms with Crippen LogP contribution in [0.4, 0.5) is 0 Å². The predicted octanol–water partition coefficient (Wildman–Crippen LogP) is 1.08. The third-order valence-corrected chi connectivity index (χ3v) is 3.10. The Labute approximate surface area is 84.8 Å². The molecule has 0 spiro atoms. The molecule has 1 rings (SSSR count). The van der Waals surface area contributed by atoms with Gasteiger partial charge in [-0.3, -0.25) is 9.59 Å². The van der Waals surface area contributed by atoms with Gasteiger partial charge < -0.3 is 5.73 Å². The summed E-state index contributed by atoms with van der Waals surface area (Å²) in [5.41, 5.74) is 6.71. The van der Waals surface area contributed by atoms with Crippen LogP contribution in [-0.4, -0.2) is 18.1 Å². The number of halogens is 1. The summed E-state index contributed by atoms with van der Waals surface area (Å²) in [7, 11) is 0. The zero-order valence-corrected chi connectivity index (χ0v) is 9.06. The third kappa shape index (κ3) is 1.51. The van der Waals surface area contributed by atoms with Crippen molar-refractivity contribution in [2.45, 2.75) is 13.8 Å². The summed E-state index contributed by atoms with van der Waals surface area (Å²) < 4.78 is 0.337. The maximum absolute atomic E-state index is 11.5. The van der Waals surface area contributed by atoms with E-state index >= 15 is 0 Å². The van der Waals surface area contributed by atoms with Crippen molar-refractivity contribution in [1.82, 2.24) is 0 Å². The topological polar surface area (TPSA) is 60.2 Å². The first-order valence-electron chi connectivity index (χ1n) is 3.86. The Morgan fingerprint density at radius 3 is 2.15 bits per heavy atom. The van der Waals surface area contributed by atoms with Crippen molar-refractivity contribution in [3.63, 3.8) is 0 Å². The fraction of sp³-hybridized carbons (Fsp3) is 0.333. The second-order valence-corrected chi connectivity index (χ2v) is 3.70. The largest absolute Gasteiger partial charge is 0.326 e. The van der Waals surface area contributed by atoms with Crippen LogP contribution in [0, 0.1) is 0 Å². The smallest absolute Gasteiger partial charge is 0.198 e. The van der Waals surface area contributed by atoms with Crippen LogP contribution in [0.3, 0.4) is 0 Å². The second-order valence-electron chi connectivity index (χ2n) is 2.90. The Bertz CT molecular complexity index is 353. The molecule has 0 heterocycles. The van der Waals surface area contributed by atoms with Crippen molar-refractivity contribution in [3.8, 4) is 0 Å². The maximum atomic E-state index is 11.5. The van der Waals surface area contributed by atoms with Gasteiger partial charge in [-0.15, -0.1) is 0 Å². The van der Waals surface area contributed by atoms with Crippen LogP contribution in [0.5, 0.6) is 0 Å². The molecule has 0 unspecified atom stereocenters. The highest BCUT2D eigenvalue weighted by atomic mass is 79.9. The number of nitrogens with two attached hydrogens (primary N) is 1. The van der Waals surface area contributed by atoms with Gasteiger partial charge in [0.2, 0.25) is 0 Å². The Kier molecular flexibility index (Phi) is 2.83. The van der Waals surface area contributed by atoms with E-state index in [0.717, 1.165) is 0 Å². The summed E-state index contributed by atoms with van der Waals surface area (Å²) in [5, 5.41) is 0. The van der Waals surface area contributed by atoms with E-state index < -0.39 is 0 Å². The molecule has 0 atom stereocenters. The third-order valence-electron chi connectivity index (χ3n) is 2.14. The zero-order valence-electron chi connectivity index (χ0n) is 7.48. The first-order chi connectivity index (χ1) is 6.00. The number of carbonyl (C=O) groups is 2. The van der Waals surface area contributed by atoms with E-state index in [1.165, 1.54) is 0 Å². The summed E-state index contributed by atoms with van der Waals surface area (Å²) >= 11 is 3.09. The number of hydrogen-bond acceptors (Lipinski definition) is 3. The summed E-state index contributed by atoms with van der Waals surface area (Å²) in [5.74, 6) is -0.274. The fourth-order valence-corrected chi connectivity index (χ4v) is 1.66. The molecule has 3 nitrogen and oxygen atoms in total. The van der Waals surface area contributed by atoms with Gasteiger partial charge in [0.15, 0.2) is 11.6 Å². The molecule has 1 aliphatic carbocycles. The first kappa shape index (κ1) is 10.3. The van der Waals surface area contributed by atoms with Crippen molar-refractivity contribution in [3.05, 3.63) is 21.2 Å². The molecular weight excluding hydrogens is 234 g/mol. The highest BCUT2D eigenvalue weighted by molar-refractivity contribution is 9.12. The average Bonchev–Trinajstić information content (AvgIpc) is 2.13. The lowest BCUT2D eigenvalue weighted by Gasteiger charge is -2.15. The van der Waals surface area contributed by atoms with E-state index in [9.17, 15) is 9.59 Å². The lowest BCUT2D eigenvalue weighted by Crippen LogP contribution is -2.24. The molecule has 0 amide bonds. The summed E-state index contributed by atoms with van der Waals surface area (Å²) in [6, 6.07) is 0. The number of allylic oxidation sites excluding steroid dienone is 3. The molecule has 4 heteroatoms. The molecule has 0 fully saturated rings. The SMILES string of the molecule is CC1=C(Br)C(=O)C(CN)=C(C)C1=O. The fourth-order valence-electron chi connectivity index (χ4n) is 1.24. The van der Waals surface area contributed by atoms with Gasteiger partial charge >= 0.3 is 0 Å². The first-order valence-corrected chi connectivity index (χ1v) is 4.65. The van der Waals surface area contributed by atoms with Gasteiger partial charge in [-0.25, -0.2) is 0 Å². The van der Waals surface area contributed by atoms with Gasteiger partial charge in [0.1, 0.15) is 0 Å². The summed E-state index contributed by atoms with van der Waals surface area (Å²) in [4.78, 5) is 23.0. The minimum atomic E-state index is -0.169. The number of Topliss-reactive ketones (excluding diaryl/α,β-unsaturated/α-hetero) is 2. The van der Waals surface area contributed by atoms with Gasteiger partial charge in [0.05, 0.1) is 4.48 Å². The quantitative estimate of drug-likeness (QED) is 0.702. The predicted molar refractivity (Wildman–Crippen MR) is 53.4 cm³/mol. The highest BCUT2D eigenvalue weighted by Crippen LogP contribution is 2.27. The van der Waals surface area contributed by atoms with Crippen LogP contribution in [0.1, 0.15) is 13.8 Å². The van der Waals surface area contributed by atoms with E-state index in [0.29, 0.717) is 21.2 Å². The van der Waals surface area contributed by atoms with Crippen LogP contribution in [0.25, 0.3) is 0 Å². The molecule has 0 aromatic carbocycles. The lowest BCUT2D eigenvalue weighted by molar-refractivity contribution is -0.116. The monoisotopic (exact) mass is 243 g/mol. The van der Waals surface area contributed by atoms with Gasteiger partial charge in [-0.05, 0) is 29.8 Å². The molecule has 13 heavy (non-hydrogen) atoms. The van der Waals surface area contributed by atoms with Gasteiger partial charge in [-0.1, -0.05) is 0 Å². The molecule has 2 N–H and O–H groups in total. The lowest BCUT2D eigenvalue weighted by atomic mass is 9.91. The molecular formula is C9H10BrNO2. The maximum Gasteiger partial charge on any atom is 0.198 e. The molecule has 1 aliphatic rings. The molecule has 0 saturated heterocycles. The Balaban J connectivity index is 3.29. The Morgan fingerprint density at radius 1 is 1.15 bits per heavy atom. The van der Waals surface area contributed by atoms with Crippen LogP contribution in [0.2, 0.25) is 0 Å². The Morgan fingerprint density at radius 2 is 1.69 bits per heavy atom. The van der Waals surface area contributed by atoms with Crippen molar-refractivity contribution < 1.29 is 9.59 Å². The molecule has 0 aromatic heterocycles. The van der Waals surface area contributed by atoms with E-state index in [-0.39, 0.29) is 18.1 Å². The molecule has 0 bridgehead atoms. The highest BCUT2D eigenvalue weighted by Gasteiger charge is 2.27. The number of hydrogen-bond donors (Lipinski definition) is 1. The number of carbonyl (C=O) groups excluding carboxylic acids is 2. The molecule has 70 valence electrons. The Hall–Kier alpha value is -0.740. The van der Waals surface area contributed by atoms with E-state index in [1.807, 2.05) is 0 Å². The number of rotatable bonds is 1. The van der Waals surface area contributed by atoms with Crippen molar-refractivity contribution in [1.29, 1.82) is 0 Å². The molecule has 0 saturated carbocycles. The summed E-state index contributed by atoms with van der Waals surface area (Å²) in [6.07, 6.45) is 0. The van der Waals surface area contributed by atoms with Crippen LogP contribution >= 0.6 is 15.9 Å². The summed E-state index contributed by atoms with van der Waals surface area (Å²) in [6.45, 7) is 3.37. The second kappa shape index (κ2) is 3.55. The molecule has 0 aliphatic heterocycles. The number of ketones is 2. The van der Waals surface area contributed by atoms with Crippen LogP contribution in [-0.2, 0) is 9.59 Å². The van der Waals surface area contributed by atoms with Gasteiger partial charge in [0.25, 0.3) is 0 Å². The normalized spacial score (nSPS) is 18.8. The molecule has 0 radical (unpaired) electrons. The standard InChI is InChI=1S/C9H10BrNO2/c1-4-6(3-11)9(13)7(10)5(2)8(4)12/h3,11H2,1-2H3.